The molecule has 0 spiro atoms. The Morgan fingerprint density at radius 3 is 2.62 bits per heavy atom. The van der Waals surface area contributed by atoms with Crippen LogP contribution in [0.5, 0.6) is 0 Å². The van der Waals surface area contributed by atoms with Gasteiger partial charge in [-0.05, 0) is 12.1 Å². The van der Waals surface area contributed by atoms with Crippen molar-refractivity contribution < 1.29 is 13.2 Å². The number of amides is 1. The standard InChI is InChI=1S/C17H21N5O3S/c1-20-14-5-11-26(24,25)12-13(14)16(19-20)17(23)22-9-7-21(8-10-22)15-4-2-3-6-18-15/h2-4,6H,5,7-12H2,1H3. The van der Waals surface area contributed by atoms with E-state index in [0.717, 1.165) is 11.5 Å². The lowest BCUT2D eigenvalue weighted by Crippen LogP contribution is -2.49. The lowest BCUT2D eigenvalue weighted by Gasteiger charge is -2.35. The first kappa shape index (κ1) is 17.0. The molecule has 0 bridgehead atoms. The van der Waals surface area contributed by atoms with Crippen LogP contribution in [0.4, 0.5) is 5.82 Å². The molecule has 0 aromatic carbocycles. The number of nitrogens with zero attached hydrogens (tertiary/aromatic N) is 5. The number of carbonyl (C=O) groups is 1. The van der Waals surface area contributed by atoms with Crippen molar-refractivity contribution in [3.63, 3.8) is 0 Å². The van der Waals surface area contributed by atoms with Crippen LogP contribution in [0.25, 0.3) is 0 Å². The second-order valence-electron chi connectivity index (χ2n) is 6.71. The molecule has 2 aliphatic heterocycles. The Hall–Kier alpha value is -2.42. The quantitative estimate of drug-likeness (QED) is 0.748. The summed E-state index contributed by atoms with van der Waals surface area (Å²) in [4.78, 5) is 21.2. The zero-order valence-electron chi connectivity index (χ0n) is 14.6. The number of piperazine rings is 1. The number of fused-ring (bicyclic) bond motifs is 1. The van der Waals surface area contributed by atoms with Gasteiger partial charge in [-0.1, -0.05) is 6.07 Å². The van der Waals surface area contributed by atoms with Crippen LogP contribution in [0.1, 0.15) is 21.7 Å². The molecule has 138 valence electrons. The number of hydrogen-bond acceptors (Lipinski definition) is 6. The van der Waals surface area contributed by atoms with Gasteiger partial charge < -0.3 is 9.80 Å². The Bertz CT molecular complexity index is 931. The predicted octanol–water partition coefficient (Wildman–Crippen LogP) is 0.248. The summed E-state index contributed by atoms with van der Waals surface area (Å²) in [5, 5.41) is 4.35. The highest BCUT2D eigenvalue weighted by molar-refractivity contribution is 7.90. The minimum Gasteiger partial charge on any atom is -0.353 e. The third kappa shape index (κ3) is 3.07. The van der Waals surface area contributed by atoms with Gasteiger partial charge in [-0.15, -0.1) is 0 Å². The van der Waals surface area contributed by atoms with Crippen LogP contribution in [0.3, 0.4) is 0 Å². The average molecular weight is 375 g/mol. The van der Waals surface area contributed by atoms with Gasteiger partial charge in [-0.3, -0.25) is 9.48 Å². The third-order valence-electron chi connectivity index (χ3n) is 5.03. The number of hydrogen-bond donors (Lipinski definition) is 0. The molecule has 4 rings (SSSR count). The average Bonchev–Trinajstić information content (AvgIpc) is 2.96. The van der Waals surface area contributed by atoms with Crippen LogP contribution in [-0.2, 0) is 29.1 Å². The lowest BCUT2D eigenvalue weighted by molar-refractivity contribution is 0.0739. The van der Waals surface area contributed by atoms with Crippen molar-refractivity contribution >= 4 is 21.6 Å². The molecule has 8 nitrogen and oxygen atoms in total. The molecule has 2 aromatic heterocycles. The Morgan fingerprint density at radius 1 is 1.15 bits per heavy atom. The number of rotatable bonds is 2. The minimum absolute atomic E-state index is 0.0921. The van der Waals surface area contributed by atoms with Crippen molar-refractivity contribution in [1.82, 2.24) is 19.7 Å². The third-order valence-corrected chi connectivity index (χ3v) is 6.59. The van der Waals surface area contributed by atoms with Gasteiger partial charge >= 0.3 is 0 Å². The number of carbonyl (C=O) groups excluding carboxylic acids is 1. The van der Waals surface area contributed by atoms with E-state index in [9.17, 15) is 13.2 Å². The molecule has 1 fully saturated rings. The Kier molecular flexibility index (Phi) is 4.18. The van der Waals surface area contributed by atoms with Crippen molar-refractivity contribution in [2.24, 2.45) is 7.05 Å². The van der Waals surface area contributed by atoms with Crippen molar-refractivity contribution in [3.8, 4) is 0 Å². The van der Waals surface area contributed by atoms with E-state index in [2.05, 4.69) is 15.0 Å². The zero-order chi connectivity index (χ0) is 18.3. The Morgan fingerprint density at radius 2 is 1.92 bits per heavy atom. The predicted molar refractivity (Wildman–Crippen MR) is 96.8 cm³/mol. The number of pyridine rings is 1. The fourth-order valence-corrected chi connectivity index (χ4v) is 5.00. The number of sulfone groups is 1. The van der Waals surface area contributed by atoms with Gasteiger partial charge in [-0.2, -0.15) is 5.10 Å². The molecular formula is C17H21N5O3S. The molecule has 0 atom stereocenters. The van der Waals surface area contributed by atoms with Crippen molar-refractivity contribution in [2.75, 3.05) is 36.8 Å². The largest absolute Gasteiger partial charge is 0.353 e. The van der Waals surface area contributed by atoms with Crippen LogP contribution in [0.15, 0.2) is 24.4 Å². The molecule has 0 radical (unpaired) electrons. The molecular weight excluding hydrogens is 354 g/mol. The minimum atomic E-state index is -3.15. The van der Waals surface area contributed by atoms with Crippen molar-refractivity contribution in [1.29, 1.82) is 0 Å². The molecule has 1 amide bonds. The Balaban J connectivity index is 1.51. The first-order chi connectivity index (χ1) is 12.4. The summed E-state index contributed by atoms with van der Waals surface area (Å²) in [6.45, 7) is 2.51. The molecule has 0 N–H and O–H groups in total. The highest BCUT2D eigenvalue weighted by Crippen LogP contribution is 2.25. The second-order valence-corrected chi connectivity index (χ2v) is 8.89. The summed E-state index contributed by atoms with van der Waals surface area (Å²) in [6.07, 6.45) is 2.18. The molecule has 9 heteroatoms. The zero-order valence-corrected chi connectivity index (χ0v) is 15.4. The van der Waals surface area contributed by atoms with E-state index in [-0.39, 0.29) is 23.1 Å². The number of anilines is 1. The summed E-state index contributed by atoms with van der Waals surface area (Å²) in [5.74, 6) is 0.752. The summed E-state index contributed by atoms with van der Waals surface area (Å²) < 4.78 is 25.7. The molecule has 2 aliphatic rings. The van der Waals surface area contributed by atoms with Gasteiger partial charge in [0.25, 0.3) is 5.91 Å². The first-order valence-corrected chi connectivity index (χ1v) is 10.5. The van der Waals surface area contributed by atoms with E-state index in [1.54, 1.807) is 22.8 Å². The molecule has 0 saturated carbocycles. The SMILES string of the molecule is Cn1nc(C(=O)N2CCN(c3ccccn3)CC2)c2c1CCS(=O)(=O)C2. The van der Waals surface area contributed by atoms with Crippen LogP contribution >= 0.6 is 0 Å². The maximum absolute atomic E-state index is 13.0. The van der Waals surface area contributed by atoms with E-state index in [1.807, 2.05) is 18.2 Å². The molecule has 4 heterocycles. The van der Waals surface area contributed by atoms with E-state index >= 15 is 0 Å². The monoisotopic (exact) mass is 375 g/mol. The van der Waals surface area contributed by atoms with Crippen LogP contribution in [0, 0.1) is 0 Å². The van der Waals surface area contributed by atoms with E-state index in [4.69, 9.17) is 0 Å². The van der Waals surface area contributed by atoms with Gasteiger partial charge in [-0.25, -0.2) is 13.4 Å². The van der Waals surface area contributed by atoms with Crippen molar-refractivity contribution in [3.05, 3.63) is 41.3 Å². The summed E-state index contributed by atoms with van der Waals surface area (Å²) in [7, 11) is -1.38. The molecule has 2 aromatic rings. The van der Waals surface area contributed by atoms with E-state index < -0.39 is 9.84 Å². The molecule has 0 aliphatic carbocycles. The normalized spacial score (nSPS) is 19.3. The van der Waals surface area contributed by atoms with Gasteiger partial charge in [0.15, 0.2) is 15.5 Å². The molecule has 0 unspecified atom stereocenters. The fourth-order valence-electron chi connectivity index (χ4n) is 3.61. The molecule has 1 saturated heterocycles. The number of aromatic nitrogens is 3. The molecule has 26 heavy (non-hydrogen) atoms. The maximum Gasteiger partial charge on any atom is 0.274 e. The van der Waals surface area contributed by atoms with Crippen molar-refractivity contribution in [2.45, 2.75) is 12.2 Å². The van der Waals surface area contributed by atoms with Crippen LogP contribution in [-0.4, -0.2) is 65.9 Å². The van der Waals surface area contributed by atoms with Gasteiger partial charge in [0.2, 0.25) is 0 Å². The van der Waals surface area contributed by atoms with Gasteiger partial charge in [0.05, 0.1) is 11.5 Å². The Labute approximate surface area is 152 Å². The lowest BCUT2D eigenvalue weighted by atomic mass is 10.1. The maximum atomic E-state index is 13.0. The van der Waals surface area contributed by atoms with Crippen LogP contribution < -0.4 is 4.90 Å². The number of aryl methyl sites for hydroxylation is 1. The second kappa shape index (κ2) is 6.39. The highest BCUT2D eigenvalue weighted by atomic mass is 32.2. The highest BCUT2D eigenvalue weighted by Gasteiger charge is 2.33. The smallest absolute Gasteiger partial charge is 0.274 e. The van der Waals surface area contributed by atoms with Crippen LogP contribution in [0.2, 0.25) is 0 Å². The van der Waals surface area contributed by atoms with E-state index in [0.29, 0.717) is 38.2 Å². The first-order valence-electron chi connectivity index (χ1n) is 8.65. The van der Waals surface area contributed by atoms with E-state index in [1.165, 1.54) is 0 Å². The topological polar surface area (TPSA) is 88.4 Å². The summed E-state index contributed by atoms with van der Waals surface area (Å²) in [6, 6.07) is 5.78. The summed E-state index contributed by atoms with van der Waals surface area (Å²) >= 11 is 0. The van der Waals surface area contributed by atoms with Gasteiger partial charge in [0, 0.05) is 57.1 Å². The van der Waals surface area contributed by atoms with Gasteiger partial charge in [0.1, 0.15) is 5.82 Å². The summed E-state index contributed by atoms with van der Waals surface area (Å²) in [5.41, 5.74) is 1.73. The fraction of sp³-hybridized carbons (Fsp3) is 0.471.